The van der Waals surface area contributed by atoms with Crippen LogP contribution in [0.1, 0.15) is 18.4 Å². The van der Waals surface area contributed by atoms with E-state index in [1.807, 2.05) is 19.2 Å². The van der Waals surface area contributed by atoms with Gasteiger partial charge in [0.05, 0.1) is 4.92 Å². The Bertz CT molecular complexity index is 422. The Morgan fingerprint density at radius 2 is 2.00 bits per heavy atom. The lowest BCUT2D eigenvalue weighted by atomic mass is 10.0. The first-order valence-corrected chi connectivity index (χ1v) is 6.31. The quantitative estimate of drug-likeness (QED) is 0.681. The number of nitro benzene ring substituents is 1. The van der Waals surface area contributed by atoms with Gasteiger partial charge in [0.15, 0.2) is 0 Å². The molecule has 1 saturated heterocycles. The van der Waals surface area contributed by atoms with E-state index in [4.69, 9.17) is 0 Å². The van der Waals surface area contributed by atoms with Crippen LogP contribution in [-0.4, -0.2) is 36.0 Å². The van der Waals surface area contributed by atoms with Gasteiger partial charge in [-0.15, -0.1) is 12.4 Å². The Kier molecular flexibility index (Phi) is 6.21. The summed E-state index contributed by atoms with van der Waals surface area (Å²) in [6.07, 6.45) is 2.22. The van der Waals surface area contributed by atoms with Crippen LogP contribution in [0.25, 0.3) is 0 Å². The summed E-state index contributed by atoms with van der Waals surface area (Å²) < 4.78 is 0. The largest absolute Gasteiger partial charge is 0.317 e. The topological polar surface area (TPSA) is 58.4 Å². The Morgan fingerprint density at radius 3 is 2.63 bits per heavy atom. The molecule has 0 bridgehead atoms. The minimum atomic E-state index is -0.300. The molecule has 6 heteroatoms. The van der Waals surface area contributed by atoms with Gasteiger partial charge in [0.2, 0.25) is 0 Å². The van der Waals surface area contributed by atoms with Crippen LogP contribution in [0.5, 0.6) is 0 Å². The SMILES string of the molecule is CN(Cc1ccccc1[N+](=O)[O-])C1CCNCC1.Cl. The van der Waals surface area contributed by atoms with Gasteiger partial charge in [0, 0.05) is 24.2 Å². The van der Waals surface area contributed by atoms with E-state index in [1.165, 1.54) is 0 Å². The zero-order chi connectivity index (χ0) is 13.0. The van der Waals surface area contributed by atoms with E-state index in [9.17, 15) is 10.1 Å². The lowest BCUT2D eigenvalue weighted by molar-refractivity contribution is -0.385. The Hall–Kier alpha value is -1.17. The molecule has 0 unspecified atom stereocenters. The molecule has 0 saturated carbocycles. The van der Waals surface area contributed by atoms with E-state index < -0.39 is 0 Å². The minimum absolute atomic E-state index is 0. The average Bonchev–Trinajstić information content (AvgIpc) is 2.40. The van der Waals surface area contributed by atoms with Crippen LogP contribution in [0, 0.1) is 10.1 Å². The van der Waals surface area contributed by atoms with Crippen LogP contribution in [0.15, 0.2) is 24.3 Å². The third-order valence-corrected chi connectivity index (χ3v) is 3.54. The molecule has 1 aromatic carbocycles. The monoisotopic (exact) mass is 285 g/mol. The summed E-state index contributed by atoms with van der Waals surface area (Å²) in [5.74, 6) is 0. The van der Waals surface area contributed by atoms with Crippen molar-refractivity contribution < 1.29 is 4.92 Å². The molecule has 19 heavy (non-hydrogen) atoms. The second-order valence-electron chi connectivity index (χ2n) is 4.78. The van der Waals surface area contributed by atoms with Gasteiger partial charge < -0.3 is 5.32 Å². The number of nitro groups is 1. The highest BCUT2D eigenvalue weighted by Crippen LogP contribution is 2.21. The normalized spacial score (nSPS) is 16.1. The molecule has 0 aromatic heterocycles. The van der Waals surface area contributed by atoms with Crippen molar-refractivity contribution in [2.45, 2.75) is 25.4 Å². The maximum Gasteiger partial charge on any atom is 0.273 e. The highest BCUT2D eigenvalue weighted by molar-refractivity contribution is 5.85. The van der Waals surface area contributed by atoms with Crippen molar-refractivity contribution in [1.82, 2.24) is 10.2 Å². The highest BCUT2D eigenvalue weighted by Gasteiger charge is 2.20. The fourth-order valence-corrected chi connectivity index (χ4v) is 2.47. The molecule has 0 spiro atoms. The van der Waals surface area contributed by atoms with Gasteiger partial charge in [-0.3, -0.25) is 15.0 Å². The van der Waals surface area contributed by atoms with Crippen molar-refractivity contribution in [2.24, 2.45) is 0 Å². The molecule has 0 aliphatic carbocycles. The fourth-order valence-electron chi connectivity index (χ4n) is 2.47. The van der Waals surface area contributed by atoms with Gasteiger partial charge in [-0.1, -0.05) is 18.2 Å². The first-order chi connectivity index (χ1) is 8.68. The van der Waals surface area contributed by atoms with Gasteiger partial charge in [-0.2, -0.15) is 0 Å². The number of hydrogen-bond acceptors (Lipinski definition) is 4. The molecule has 2 rings (SSSR count). The summed E-state index contributed by atoms with van der Waals surface area (Å²) in [5, 5.41) is 14.3. The lowest BCUT2D eigenvalue weighted by Gasteiger charge is -2.31. The molecule has 0 amide bonds. The maximum absolute atomic E-state index is 11.0. The molecular weight excluding hydrogens is 266 g/mol. The lowest BCUT2D eigenvalue weighted by Crippen LogP contribution is -2.40. The summed E-state index contributed by atoms with van der Waals surface area (Å²) >= 11 is 0. The average molecular weight is 286 g/mol. The number of para-hydroxylation sites is 1. The van der Waals surface area contributed by atoms with Crippen LogP contribution in [-0.2, 0) is 6.54 Å². The summed E-state index contributed by atoms with van der Waals surface area (Å²) in [6.45, 7) is 2.71. The van der Waals surface area contributed by atoms with Crippen LogP contribution in [0.3, 0.4) is 0 Å². The predicted octanol–water partition coefficient (Wildman–Crippen LogP) is 2.20. The van der Waals surface area contributed by atoms with E-state index in [1.54, 1.807) is 12.1 Å². The summed E-state index contributed by atoms with van der Waals surface area (Å²) in [5.41, 5.74) is 1.02. The van der Waals surface area contributed by atoms with Gasteiger partial charge >= 0.3 is 0 Å². The third kappa shape index (κ3) is 4.16. The standard InChI is InChI=1S/C13H19N3O2.ClH/c1-15(12-6-8-14-9-7-12)10-11-4-2-3-5-13(11)16(17)18;/h2-5,12,14H,6-10H2,1H3;1H. The Morgan fingerprint density at radius 1 is 1.37 bits per heavy atom. The number of rotatable bonds is 4. The first-order valence-electron chi connectivity index (χ1n) is 6.31. The molecule has 1 aliphatic rings. The number of piperidine rings is 1. The molecular formula is C13H20ClN3O2. The van der Waals surface area contributed by atoms with Crippen LogP contribution in [0.2, 0.25) is 0 Å². The van der Waals surface area contributed by atoms with Crippen molar-refractivity contribution in [2.75, 3.05) is 20.1 Å². The summed E-state index contributed by atoms with van der Waals surface area (Å²) in [7, 11) is 2.05. The van der Waals surface area contributed by atoms with Crippen molar-refractivity contribution in [3.8, 4) is 0 Å². The van der Waals surface area contributed by atoms with E-state index in [-0.39, 0.29) is 23.0 Å². The number of benzene rings is 1. The second kappa shape index (κ2) is 7.43. The van der Waals surface area contributed by atoms with Crippen LogP contribution < -0.4 is 5.32 Å². The van der Waals surface area contributed by atoms with Gasteiger partial charge in [-0.25, -0.2) is 0 Å². The molecule has 1 heterocycles. The number of nitrogens with one attached hydrogen (secondary N) is 1. The first kappa shape index (κ1) is 15.9. The smallest absolute Gasteiger partial charge is 0.273 e. The minimum Gasteiger partial charge on any atom is -0.317 e. The van der Waals surface area contributed by atoms with Gasteiger partial charge in [0.25, 0.3) is 5.69 Å². The molecule has 1 N–H and O–H groups in total. The fraction of sp³-hybridized carbons (Fsp3) is 0.538. The highest BCUT2D eigenvalue weighted by atomic mass is 35.5. The van der Waals surface area contributed by atoms with Gasteiger partial charge in [0.1, 0.15) is 0 Å². The molecule has 1 fully saturated rings. The molecule has 1 aromatic rings. The third-order valence-electron chi connectivity index (χ3n) is 3.54. The zero-order valence-electron chi connectivity index (χ0n) is 11.0. The predicted molar refractivity (Wildman–Crippen MR) is 77.7 cm³/mol. The van der Waals surface area contributed by atoms with Crippen molar-refractivity contribution in [3.05, 3.63) is 39.9 Å². The molecule has 0 atom stereocenters. The Balaban J connectivity index is 0.00000180. The van der Waals surface area contributed by atoms with Gasteiger partial charge in [-0.05, 0) is 33.0 Å². The van der Waals surface area contributed by atoms with E-state index in [2.05, 4.69) is 10.2 Å². The summed E-state index contributed by atoms with van der Waals surface area (Å²) in [6, 6.07) is 7.51. The maximum atomic E-state index is 11.0. The second-order valence-corrected chi connectivity index (χ2v) is 4.78. The Labute approximate surface area is 119 Å². The molecule has 106 valence electrons. The van der Waals surface area contributed by atoms with Crippen molar-refractivity contribution in [3.63, 3.8) is 0 Å². The molecule has 1 aliphatic heterocycles. The van der Waals surface area contributed by atoms with Crippen LogP contribution >= 0.6 is 12.4 Å². The number of nitrogens with zero attached hydrogens (tertiary/aromatic N) is 2. The van der Waals surface area contributed by atoms with E-state index >= 15 is 0 Å². The summed E-state index contributed by atoms with van der Waals surface area (Å²) in [4.78, 5) is 12.9. The zero-order valence-corrected chi connectivity index (χ0v) is 11.9. The number of halogens is 1. The van der Waals surface area contributed by atoms with Crippen molar-refractivity contribution in [1.29, 1.82) is 0 Å². The van der Waals surface area contributed by atoms with E-state index in [0.29, 0.717) is 12.6 Å². The molecule has 5 nitrogen and oxygen atoms in total. The van der Waals surface area contributed by atoms with E-state index in [0.717, 1.165) is 31.5 Å². The molecule has 0 radical (unpaired) electrons. The number of hydrogen-bond donors (Lipinski definition) is 1. The van der Waals surface area contributed by atoms with Crippen molar-refractivity contribution >= 4 is 18.1 Å². The van der Waals surface area contributed by atoms with Crippen LogP contribution in [0.4, 0.5) is 5.69 Å².